The Bertz CT molecular complexity index is 913. The molecule has 2 saturated heterocycles. The van der Waals surface area contributed by atoms with Crippen LogP contribution in [0.25, 0.3) is 0 Å². The molecule has 2 unspecified atom stereocenters. The Balaban J connectivity index is 1.73. The van der Waals surface area contributed by atoms with E-state index in [0.29, 0.717) is 51.6 Å². The maximum atomic E-state index is 14.0. The zero-order valence-corrected chi connectivity index (χ0v) is 18.4. The number of ketones is 1. The SMILES string of the molecule is CC1COCCN1c1cc(=O)n2c(n1)N(CC(=O)C1(C)CCOCC1)C(C(F)(F)F)CC2. The lowest BCUT2D eigenvalue weighted by atomic mass is 9.78. The number of Topliss-reactive ketones (excluding diaryl/α,β-unsaturated/α-hetero) is 1. The lowest BCUT2D eigenvalue weighted by Crippen LogP contribution is -2.56. The fraction of sp³-hybridized carbons (Fsp3) is 0.762. The number of hydrogen-bond donors (Lipinski definition) is 0. The third-order valence-electron chi connectivity index (χ3n) is 6.86. The molecule has 0 aromatic carbocycles. The average Bonchev–Trinajstić information content (AvgIpc) is 2.74. The van der Waals surface area contributed by atoms with Crippen molar-refractivity contribution in [1.29, 1.82) is 0 Å². The molecular weight excluding hydrogens is 429 g/mol. The van der Waals surface area contributed by atoms with Crippen molar-refractivity contribution in [3.63, 3.8) is 0 Å². The predicted molar refractivity (Wildman–Crippen MR) is 111 cm³/mol. The van der Waals surface area contributed by atoms with E-state index in [-0.39, 0.29) is 30.7 Å². The summed E-state index contributed by atoms with van der Waals surface area (Å²) in [6.07, 6.45) is -3.94. The first-order chi connectivity index (χ1) is 15.1. The molecule has 0 saturated carbocycles. The van der Waals surface area contributed by atoms with Crippen molar-refractivity contribution in [2.45, 2.75) is 57.9 Å². The lowest BCUT2D eigenvalue weighted by Gasteiger charge is -2.42. The Kier molecular flexibility index (Phi) is 6.23. The Morgan fingerprint density at radius 3 is 2.59 bits per heavy atom. The highest BCUT2D eigenvalue weighted by molar-refractivity contribution is 5.88. The van der Waals surface area contributed by atoms with Crippen molar-refractivity contribution in [1.82, 2.24) is 9.55 Å². The van der Waals surface area contributed by atoms with Gasteiger partial charge in [-0.2, -0.15) is 18.2 Å². The zero-order chi connectivity index (χ0) is 23.1. The van der Waals surface area contributed by atoms with Gasteiger partial charge in [0.2, 0.25) is 5.95 Å². The predicted octanol–water partition coefficient (Wildman–Crippen LogP) is 2.00. The lowest BCUT2D eigenvalue weighted by molar-refractivity contribution is -0.154. The van der Waals surface area contributed by atoms with Gasteiger partial charge >= 0.3 is 6.18 Å². The number of aromatic nitrogens is 2. The molecule has 1 aromatic rings. The van der Waals surface area contributed by atoms with Gasteiger partial charge in [-0.3, -0.25) is 14.2 Å². The molecule has 0 bridgehead atoms. The van der Waals surface area contributed by atoms with Crippen LogP contribution in [0.1, 0.15) is 33.1 Å². The van der Waals surface area contributed by atoms with Gasteiger partial charge in [-0.05, 0) is 26.2 Å². The van der Waals surface area contributed by atoms with Crippen molar-refractivity contribution < 1.29 is 27.4 Å². The fourth-order valence-corrected chi connectivity index (χ4v) is 4.64. The largest absolute Gasteiger partial charge is 0.408 e. The second kappa shape index (κ2) is 8.66. The minimum atomic E-state index is -4.55. The second-order valence-electron chi connectivity index (χ2n) is 9.09. The number of morpholine rings is 1. The van der Waals surface area contributed by atoms with Gasteiger partial charge in [0.1, 0.15) is 11.9 Å². The summed E-state index contributed by atoms with van der Waals surface area (Å²) in [4.78, 5) is 33.4. The molecule has 178 valence electrons. The standard InChI is InChI=1S/C21H29F3N4O4/c1-14-13-32-10-7-26(14)17-11-18(30)27-6-3-15(21(22,23)24)28(19(27)25-17)12-16(29)20(2)4-8-31-9-5-20/h11,14-15H,3-10,12-13H2,1-2H3. The number of carbonyl (C=O) groups excluding carboxylic acids is 1. The Labute approximate surface area is 184 Å². The number of alkyl halides is 3. The summed E-state index contributed by atoms with van der Waals surface area (Å²) in [6, 6.07) is -0.588. The Hall–Kier alpha value is -2.14. The molecule has 11 heteroatoms. The van der Waals surface area contributed by atoms with E-state index in [2.05, 4.69) is 4.98 Å². The maximum absolute atomic E-state index is 14.0. The Morgan fingerprint density at radius 2 is 1.94 bits per heavy atom. The van der Waals surface area contributed by atoms with Crippen molar-refractivity contribution in [3.8, 4) is 0 Å². The summed E-state index contributed by atoms with van der Waals surface area (Å²) in [5.41, 5.74) is -1.17. The Morgan fingerprint density at radius 1 is 1.22 bits per heavy atom. The zero-order valence-electron chi connectivity index (χ0n) is 18.4. The summed E-state index contributed by atoms with van der Waals surface area (Å²) in [7, 11) is 0. The van der Waals surface area contributed by atoms with Crippen LogP contribution in [-0.2, 0) is 20.8 Å². The molecule has 0 radical (unpaired) electrons. The van der Waals surface area contributed by atoms with Crippen LogP contribution < -0.4 is 15.4 Å². The molecule has 8 nitrogen and oxygen atoms in total. The van der Waals surface area contributed by atoms with Crippen molar-refractivity contribution in [2.75, 3.05) is 49.3 Å². The molecule has 0 N–H and O–H groups in total. The molecule has 3 aliphatic rings. The highest BCUT2D eigenvalue weighted by atomic mass is 19.4. The van der Waals surface area contributed by atoms with Gasteiger partial charge in [0.15, 0.2) is 5.78 Å². The summed E-state index contributed by atoms with van der Waals surface area (Å²) in [6.45, 7) is 5.30. The quantitative estimate of drug-likeness (QED) is 0.683. The van der Waals surface area contributed by atoms with Gasteiger partial charge in [0.05, 0.1) is 25.8 Å². The van der Waals surface area contributed by atoms with E-state index in [1.807, 2.05) is 11.8 Å². The molecule has 4 heterocycles. The number of hydrogen-bond acceptors (Lipinski definition) is 7. The van der Waals surface area contributed by atoms with E-state index in [0.717, 1.165) is 4.90 Å². The smallest absolute Gasteiger partial charge is 0.381 e. The first-order valence-corrected chi connectivity index (χ1v) is 11.0. The molecule has 0 aliphatic carbocycles. The van der Waals surface area contributed by atoms with Gasteiger partial charge < -0.3 is 19.3 Å². The number of anilines is 2. The van der Waals surface area contributed by atoms with E-state index in [4.69, 9.17) is 9.47 Å². The van der Waals surface area contributed by atoms with Crippen LogP contribution in [0, 0.1) is 5.41 Å². The van der Waals surface area contributed by atoms with Gasteiger partial charge in [0, 0.05) is 37.8 Å². The second-order valence-corrected chi connectivity index (χ2v) is 9.09. The number of halogens is 3. The highest BCUT2D eigenvalue weighted by Crippen LogP contribution is 2.37. The first kappa shape index (κ1) is 23.0. The third-order valence-corrected chi connectivity index (χ3v) is 6.86. The number of rotatable bonds is 4. The topological polar surface area (TPSA) is 76.9 Å². The van der Waals surface area contributed by atoms with Crippen molar-refractivity contribution >= 4 is 17.5 Å². The molecule has 2 atom stereocenters. The molecule has 32 heavy (non-hydrogen) atoms. The van der Waals surface area contributed by atoms with Crippen LogP contribution in [0.3, 0.4) is 0 Å². The number of carbonyl (C=O) groups is 1. The summed E-state index contributed by atoms with van der Waals surface area (Å²) < 4.78 is 53.9. The average molecular weight is 458 g/mol. The number of ether oxygens (including phenoxy) is 2. The van der Waals surface area contributed by atoms with Crippen LogP contribution in [0.15, 0.2) is 10.9 Å². The van der Waals surface area contributed by atoms with E-state index >= 15 is 0 Å². The van der Waals surface area contributed by atoms with Crippen LogP contribution in [-0.4, -0.2) is 73.1 Å². The van der Waals surface area contributed by atoms with Gasteiger partial charge in [-0.1, -0.05) is 6.92 Å². The molecular formula is C21H29F3N4O4. The molecule has 1 aromatic heterocycles. The van der Waals surface area contributed by atoms with Crippen LogP contribution in [0.5, 0.6) is 0 Å². The van der Waals surface area contributed by atoms with Crippen LogP contribution >= 0.6 is 0 Å². The number of nitrogens with zero attached hydrogens (tertiary/aromatic N) is 4. The van der Waals surface area contributed by atoms with Crippen LogP contribution in [0.2, 0.25) is 0 Å². The first-order valence-electron chi connectivity index (χ1n) is 11.0. The van der Waals surface area contributed by atoms with E-state index in [1.54, 1.807) is 6.92 Å². The van der Waals surface area contributed by atoms with E-state index < -0.39 is 29.7 Å². The third kappa shape index (κ3) is 4.36. The van der Waals surface area contributed by atoms with Crippen molar-refractivity contribution in [2.24, 2.45) is 5.41 Å². The van der Waals surface area contributed by atoms with Gasteiger partial charge in [0.25, 0.3) is 5.56 Å². The molecule has 2 fully saturated rings. The van der Waals surface area contributed by atoms with Gasteiger partial charge in [-0.15, -0.1) is 0 Å². The van der Waals surface area contributed by atoms with E-state index in [1.165, 1.54) is 10.6 Å². The summed E-state index contributed by atoms with van der Waals surface area (Å²) >= 11 is 0. The molecule has 0 spiro atoms. The molecule has 3 aliphatic heterocycles. The number of fused-ring (bicyclic) bond motifs is 1. The summed E-state index contributed by atoms with van der Waals surface area (Å²) in [5.74, 6) is -0.0683. The van der Waals surface area contributed by atoms with Gasteiger partial charge in [-0.25, -0.2) is 0 Å². The maximum Gasteiger partial charge on any atom is 0.408 e. The van der Waals surface area contributed by atoms with Crippen molar-refractivity contribution in [3.05, 3.63) is 16.4 Å². The minimum Gasteiger partial charge on any atom is -0.381 e. The molecule has 4 rings (SSSR count). The summed E-state index contributed by atoms with van der Waals surface area (Å²) in [5, 5.41) is 0. The highest BCUT2D eigenvalue weighted by Gasteiger charge is 2.49. The normalized spacial score (nSPS) is 26.0. The minimum absolute atomic E-state index is 0.0723. The fourth-order valence-electron chi connectivity index (χ4n) is 4.64. The van der Waals surface area contributed by atoms with E-state index in [9.17, 15) is 22.8 Å². The van der Waals surface area contributed by atoms with Crippen LogP contribution in [0.4, 0.5) is 24.9 Å². The molecule has 0 amide bonds. The monoisotopic (exact) mass is 458 g/mol.